The van der Waals surface area contributed by atoms with Crippen LogP contribution in [0.5, 0.6) is 0 Å². The van der Waals surface area contributed by atoms with E-state index in [4.69, 9.17) is 9.84 Å². The highest BCUT2D eigenvalue weighted by Gasteiger charge is 2.32. The number of ether oxygens (including phenoxy) is 1. The summed E-state index contributed by atoms with van der Waals surface area (Å²) in [4.78, 5) is 23.0. The Hall–Kier alpha value is -1.88. The zero-order valence-electron chi connectivity index (χ0n) is 12.9. The Morgan fingerprint density at radius 3 is 2.64 bits per heavy atom. The topological polar surface area (TPSA) is 75.6 Å². The molecule has 1 aliphatic rings. The summed E-state index contributed by atoms with van der Waals surface area (Å²) < 4.78 is 5.64. The van der Waals surface area contributed by atoms with Crippen LogP contribution < -0.4 is 5.32 Å². The van der Waals surface area contributed by atoms with E-state index < -0.39 is 5.97 Å². The summed E-state index contributed by atoms with van der Waals surface area (Å²) in [5.41, 5.74) is 0.662. The second-order valence-electron chi connectivity index (χ2n) is 5.91. The predicted molar refractivity (Wildman–Crippen MR) is 82.9 cm³/mol. The standard InChI is InChI=1S/C17H23NO4/c1-22-17(8-3-2-4-9-17)12-18-15(19)11-13-6-5-7-14(10-13)16(20)21/h5-7,10H,2-4,8-9,11-12H2,1H3,(H,18,19)(H,20,21). The minimum Gasteiger partial charge on any atom is -0.478 e. The van der Waals surface area contributed by atoms with Crippen LogP contribution >= 0.6 is 0 Å². The summed E-state index contributed by atoms with van der Waals surface area (Å²) in [5.74, 6) is -1.09. The largest absolute Gasteiger partial charge is 0.478 e. The molecule has 22 heavy (non-hydrogen) atoms. The van der Waals surface area contributed by atoms with Crippen LogP contribution in [0.25, 0.3) is 0 Å². The molecular formula is C17H23NO4. The summed E-state index contributed by atoms with van der Waals surface area (Å²) in [6.07, 6.45) is 5.60. The number of carbonyl (C=O) groups excluding carboxylic acids is 1. The maximum absolute atomic E-state index is 12.1. The van der Waals surface area contributed by atoms with E-state index >= 15 is 0 Å². The summed E-state index contributed by atoms with van der Waals surface area (Å²) >= 11 is 0. The zero-order valence-corrected chi connectivity index (χ0v) is 12.9. The zero-order chi connectivity index (χ0) is 16.0. The van der Waals surface area contributed by atoms with Crippen LogP contribution in [0.2, 0.25) is 0 Å². The quantitative estimate of drug-likeness (QED) is 0.846. The van der Waals surface area contributed by atoms with Gasteiger partial charge in [-0.15, -0.1) is 0 Å². The van der Waals surface area contributed by atoms with Crippen molar-refractivity contribution in [2.24, 2.45) is 0 Å². The lowest BCUT2D eigenvalue weighted by molar-refractivity contribution is -0.122. The van der Waals surface area contributed by atoms with E-state index in [1.807, 2.05) is 0 Å². The minimum atomic E-state index is -0.984. The van der Waals surface area contributed by atoms with Gasteiger partial charge in [0, 0.05) is 13.7 Å². The summed E-state index contributed by atoms with van der Waals surface area (Å²) in [6.45, 7) is 0.515. The van der Waals surface area contributed by atoms with Gasteiger partial charge in [0.15, 0.2) is 0 Å². The number of benzene rings is 1. The van der Waals surface area contributed by atoms with Gasteiger partial charge < -0.3 is 15.2 Å². The van der Waals surface area contributed by atoms with E-state index in [9.17, 15) is 9.59 Å². The van der Waals surface area contributed by atoms with Crippen LogP contribution in [0.4, 0.5) is 0 Å². The molecule has 0 aliphatic heterocycles. The molecule has 1 fully saturated rings. The number of methoxy groups -OCH3 is 1. The molecule has 0 radical (unpaired) electrons. The van der Waals surface area contributed by atoms with Crippen molar-refractivity contribution in [2.45, 2.75) is 44.1 Å². The SMILES string of the molecule is COC1(CNC(=O)Cc2cccc(C(=O)O)c2)CCCCC1. The normalized spacial score (nSPS) is 17.0. The average molecular weight is 305 g/mol. The highest BCUT2D eigenvalue weighted by Crippen LogP contribution is 2.30. The second kappa shape index (κ2) is 7.40. The van der Waals surface area contributed by atoms with Crippen molar-refractivity contribution in [3.05, 3.63) is 35.4 Å². The number of amides is 1. The molecule has 5 nitrogen and oxygen atoms in total. The number of carboxylic acid groups (broad SMARTS) is 1. The first-order valence-corrected chi connectivity index (χ1v) is 7.69. The van der Waals surface area contributed by atoms with Crippen LogP contribution in [-0.4, -0.2) is 36.2 Å². The van der Waals surface area contributed by atoms with Crippen molar-refractivity contribution >= 4 is 11.9 Å². The maximum Gasteiger partial charge on any atom is 0.335 e. The third-order valence-electron chi connectivity index (χ3n) is 4.34. The molecule has 0 bridgehead atoms. The first-order valence-electron chi connectivity index (χ1n) is 7.69. The van der Waals surface area contributed by atoms with E-state index in [2.05, 4.69) is 5.32 Å². The Balaban J connectivity index is 1.90. The van der Waals surface area contributed by atoms with Gasteiger partial charge in [0.2, 0.25) is 5.91 Å². The molecule has 0 unspecified atom stereocenters. The van der Waals surface area contributed by atoms with Crippen molar-refractivity contribution in [2.75, 3.05) is 13.7 Å². The Bertz CT molecular complexity index is 535. The minimum absolute atomic E-state index is 0.107. The van der Waals surface area contributed by atoms with Gasteiger partial charge in [0.25, 0.3) is 0 Å². The number of hydrogen-bond donors (Lipinski definition) is 2. The first-order chi connectivity index (χ1) is 10.5. The number of rotatable bonds is 6. The first kappa shape index (κ1) is 16.5. The van der Waals surface area contributed by atoms with E-state index in [1.165, 1.54) is 18.6 Å². The van der Waals surface area contributed by atoms with Crippen LogP contribution in [0, 0.1) is 0 Å². The Labute approximate surface area is 130 Å². The lowest BCUT2D eigenvalue weighted by Gasteiger charge is -2.36. The summed E-state index contributed by atoms with van der Waals surface area (Å²) in [7, 11) is 1.70. The monoisotopic (exact) mass is 305 g/mol. The molecule has 0 aromatic heterocycles. The van der Waals surface area contributed by atoms with Gasteiger partial charge in [-0.05, 0) is 30.5 Å². The van der Waals surface area contributed by atoms with Crippen molar-refractivity contribution in [1.29, 1.82) is 0 Å². The third kappa shape index (κ3) is 4.31. The average Bonchev–Trinajstić information content (AvgIpc) is 2.54. The fraction of sp³-hybridized carbons (Fsp3) is 0.529. The second-order valence-corrected chi connectivity index (χ2v) is 5.91. The van der Waals surface area contributed by atoms with Gasteiger partial charge in [-0.2, -0.15) is 0 Å². The smallest absolute Gasteiger partial charge is 0.335 e. The molecule has 0 heterocycles. The lowest BCUT2D eigenvalue weighted by Crippen LogP contribution is -2.46. The highest BCUT2D eigenvalue weighted by molar-refractivity contribution is 5.88. The van der Waals surface area contributed by atoms with Crippen LogP contribution in [0.1, 0.15) is 48.0 Å². The lowest BCUT2D eigenvalue weighted by atomic mass is 9.84. The summed E-state index contributed by atoms with van der Waals surface area (Å²) in [5, 5.41) is 11.9. The number of carbonyl (C=O) groups is 2. The van der Waals surface area contributed by atoms with Gasteiger partial charge in [0.1, 0.15) is 0 Å². The number of hydrogen-bond acceptors (Lipinski definition) is 3. The molecule has 1 aromatic carbocycles. The van der Waals surface area contributed by atoms with Gasteiger partial charge in [-0.1, -0.05) is 31.4 Å². The molecule has 1 saturated carbocycles. The molecule has 1 aromatic rings. The molecule has 1 amide bonds. The van der Waals surface area contributed by atoms with Gasteiger partial charge >= 0.3 is 5.97 Å². The number of carboxylic acids is 1. The molecule has 5 heteroatoms. The van der Waals surface area contributed by atoms with E-state index in [0.29, 0.717) is 12.1 Å². The molecule has 2 N–H and O–H groups in total. The fourth-order valence-corrected chi connectivity index (χ4v) is 2.97. The molecule has 0 saturated heterocycles. The van der Waals surface area contributed by atoms with Crippen LogP contribution in [0.3, 0.4) is 0 Å². The van der Waals surface area contributed by atoms with Crippen molar-refractivity contribution in [3.8, 4) is 0 Å². The predicted octanol–water partition coefficient (Wildman–Crippen LogP) is 2.39. The third-order valence-corrected chi connectivity index (χ3v) is 4.34. The van der Waals surface area contributed by atoms with Gasteiger partial charge in [-0.25, -0.2) is 4.79 Å². The summed E-state index contributed by atoms with van der Waals surface area (Å²) in [6, 6.07) is 6.48. The van der Waals surface area contributed by atoms with Crippen molar-refractivity contribution in [3.63, 3.8) is 0 Å². The molecule has 0 atom stereocenters. The van der Waals surface area contributed by atoms with Crippen molar-refractivity contribution < 1.29 is 19.4 Å². The number of aromatic carboxylic acids is 1. The van der Waals surface area contributed by atoms with Crippen molar-refractivity contribution in [1.82, 2.24) is 5.32 Å². The maximum atomic E-state index is 12.1. The van der Waals surface area contributed by atoms with Gasteiger partial charge in [0.05, 0.1) is 17.6 Å². The Kier molecular flexibility index (Phi) is 5.55. The van der Waals surface area contributed by atoms with E-state index in [0.717, 1.165) is 25.7 Å². The van der Waals surface area contributed by atoms with Crippen LogP contribution in [0.15, 0.2) is 24.3 Å². The molecule has 1 aliphatic carbocycles. The molecule has 0 spiro atoms. The fourth-order valence-electron chi connectivity index (χ4n) is 2.97. The number of nitrogens with one attached hydrogen (secondary N) is 1. The molecular weight excluding hydrogens is 282 g/mol. The molecule has 120 valence electrons. The Morgan fingerprint density at radius 2 is 2.00 bits per heavy atom. The Morgan fingerprint density at radius 1 is 1.27 bits per heavy atom. The highest BCUT2D eigenvalue weighted by atomic mass is 16.5. The van der Waals surface area contributed by atoms with E-state index in [-0.39, 0.29) is 23.5 Å². The van der Waals surface area contributed by atoms with Gasteiger partial charge in [-0.3, -0.25) is 4.79 Å². The molecule has 2 rings (SSSR count). The van der Waals surface area contributed by atoms with E-state index in [1.54, 1.807) is 19.2 Å². The van der Waals surface area contributed by atoms with Crippen LogP contribution in [-0.2, 0) is 16.0 Å².